The lowest BCUT2D eigenvalue weighted by Crippen LogP contribution is -2.62. The van der Waals surface area contributed by atoms with Crippen LogP contribution in [0.15, 0.2) is 39.9 Å². The van der Waals surface area contributed by atoms with E-state index in [2.05, 4.69) is 9.89 Å². The minimum Gasteiger partial charge on any atom is -0.455 e. The minimum absolute atomic E-state index is 0.0679. The van der Waals surface area contributed by atoms with Crippen LogP contribution >= 0.6 is 11.8 Å². The molecule has 1 aromatic rings. The molecule has 1 amide bonds. The molecule has 222 valence electrons. The molecule has 4 atom stereocenters. The number of aliphatic imine (C=N–C) groups is 1. The maximum Gasteiger partial charge on any atom is 0.508 e. The zero-order valence-corrected chi connectivity index (χ0v) is 24.9. The Hall–Kier alpha value is -3.61. The summed E-state index contributed by atoms with van der Waals surface area (Å²) in [5, 5.41) is 11.0. The highest BCUT2D eigenvalue weighted by Gasteiger charge is 2.58. The largest absolute Gasteiger partial charge is 0.508 e. The van der Waals surface area contributed by atoms with E-state index in [0.717, 1.165) is 30.3 Å². The van der Waals surface area contributed by atoms with Crippen LogP contribution in [0, 0.1) is 16.0 Å². The van der Waals surface area contributed by atoms with Gasteiger partial charge in [-0.1, -0.05) is 0 Å². The van der Waals surface area contributed by atoms with Crippen LogP contribution in [0.2, 0.25) is 0 Å². The number of nitro groups is 1. The Bertz CT molecular complexity index is 1270. The average Bonchev–Trinajstić information content (AvgIpc) is 3.49. The fourth-order valence-electron chi connectivity index (χ4n) is 5.21. The Balaban J connectivity index is 1.40. The summed E-state index contributed by atoms with van der Waals surface area (Å²) in [5.41, 5.74) is 0.0410. The van der Waals surface area contributed by atoms with Crippen molar-refractivity contribution in [3.63, 3.8) is 0 Å². The maximum atomic E-state index is 13.3. The Morgan fingerprint density at radius 2 is 1.93 bits per heavy atom. The molecule has 3 heterocycles. The van der Waals surface area contributed by atoms with Gasteiger partial charge in [-0.05, 0) is 58.7 Å². The van der Waals surface area contributed by atoms with Crippen molar-refractivity contribution in [3.05, 3.63) is 50.5 Å². The highest BCUT2D eigenvalue weighted by atomic mass is 32.2. The molecule has 13 heteroatoms. The van der Waals surface area contributed by atoms with Crippen LogP contribution < -0.4 is 0 Å². The second-order valence-corrected chi connectivity index (χ2v) is 12.7. The van der Waals surface area contributed by atoms with Gasteiger partial charge in [0.2, 0.25) is 5.91 Å². The van der Waals surface area contributed by atoms with Crippen molar-refractivity contribution in [3.8, 4) is 0 Å². The molecule has 0 spiro atoms. The van der Waals surface area contributed by atoms with Crippen LogP contribution in [-0.2, 0) is 30.4 Å². The molecule has 41 heavy (non-hydrogen) atoms. The summed E-state index contributed by atoms with van der Waals surface area (Å²) >= 11 is 1.61. The molecule has 0 aromatic heterocycles. The Morgan fingerprint density at radius 1 is 1.24 bits per heavy atom. The highest BCUT2D eigenvalue weighted by molar-refractivity contribution is 8.03. The first-order valence-electron chi connectivity index (χ1n) is 13.5. The number of ether oxygens (including phenoxy) is 3. The molecule has 0 N–H and O–H groups in total. The van der Waals surface area contributed by atoms with Crippen molar-refractivity contribution in [2.75, 3.05) is 20.1 Å². The van der Waals surface area contributed by atoms with E-state index in [1.54, 1.807) is 46.5 Å². The number of nitrogens with zero attached hydrogens (tertiary/aromatic N) is 4. The quantitative estimate of drug-likeness (QED) is 0.108. The van der Waals surface area contributed by atoms with Crippen molar-refractivity contribution < 1.29 is 33.5 Å². The summed E-state index contributed by atoms with van der Waals surface area (Å²) in [7, 11) is 1.77. The summed E-state index contributed by atoms with van der Waals surface area (Å²) in [6, 6.07) is 5.29. The molecule has 3 unspecified atom stereocenters. The third-order valence-corrected chi connectivity index (χ3v) is 8.65. The van der Waals surface area contributed by atoms with Gasteiger partial charge in [0.1, 0.15) is 24.0 Å². The van der Waals surface area contributed by atoms with Crippen molar-refractivity contribution in [1.82, 2.24) is 9.80 Å². The summed E-state index contributed by atoms with van der Waals surface area (Å²) in [6.45, 7) is 10.5. The van der Waals surface area contributed by atoms with Crippen molar-refractivity contribution in [1.29, 1.82) is 0 Å². The smallest absolute Gasteiger partial charge is 0.455 e. The number of non-ortho nitro benzene ring substituents is 1. The highest BCUT2D eigenvalue weighted by Crippen LogP contribution is 2.49. The third kappa shape index (κ3) is 6.83. The van der Waals surface area contributed by atoms with E-state index in [4.69, 9.17) is 14.2 Å². The molecular formula is C28H36N4O8S. The number of esters is 1. The molecule has 0 bridgehead atoms. The first-order chi connectivity index (χ1) is 19.3. The van der Waals surface area contributed by atoms with Gasteiger partial charge in [0, 0.05) is 48.8 Å². The van der Waals surface area contributed by atoms with Crippen LogP contribution in [0.5, 0.6) is 0 Å². The number of likely N-dealkylation sites (tertiary alicyclic amines) is 1. The molecule has 3 aliphatic heterocycles. The van der Waals surface area contributed by atoms with Crippen molar-refractivity contribution in [2.24, 2.45) is 10.9 Å². The van der Waals surface area contributed by atoms with Crippen LogP contribution in [0.25, 0.3) is 0 Å². The number of hydrogen-bond donors (Lipinski definition) is 0. The number of nitro benzene ring substituents is 1. The van der Waals surface area contributed by atoms with E-state index < -0.39 is 34.7 Å². The molecule has 0 saturated carbocycles. The second kappa shape index (κ2) is 12.1. The van der Waals surface area contributed by atoms with Gasteiger partial charge in [0.15, 0.2) is 0 Å². The lowest BCUT2D eigenvalue weighted by molar-refractivity contribution is -0.384. The summed E-state index contributed by atoms with van der Waals surface area (Å²) in [6.07, 6.45) is -0.347. The predicted octanol–water partition coefficient (Wildman–Crippen LogP) is 4.28. The number of rotatable bonds is 8. The van der Waals surface area contributed by atoms with Crippen molar-refractivity contribution >= 4 is 41.3 Å². The number of thioether (sulfide) groups is 1. The fourth-order valence-corrected chi connectivity index (χ4v) is 6.66. The van der Waals surface area contributed by atoms with Crippen LogP contribution in [0.4, 0.5) is 10.5 Å². The van der Waals surface area contributed by atoms with Crippen LogP contribution in [0.3, 0.4) is 0 Å². The van der Waals surface area contributed by atoms with Gasteiger partial charge in [0.25, 0.3) is 5.69 Å². The molecule has 3 aliphatic rings. The zero-order valence-electron chi connectivity index (χ0n) is 24.1. The number of hydrogen-bond acceptors (Lipinski definition) is 10. The fraction of sp³-hybridized carbons (Fsp3) is 0.571. The number of β-lactam (4-membered cyclic amide) rings is 1. The number of amidine groups is 1. The lowest BCUT2D eigenvalue weighted by Gasteiger charge is -2.45. The van der Waals surface area contributed by atoms with Gasteiger partial charge in [-0.25, -0.2) is 9.59 Å². The van der Waals surface area contributed by atoms with E-state index in [0.29, 0.717) is 12.0 Å². The Labute approximate surface area is 243 Å². The average molecular weight is 589 g/mol. The van der Waals surface area contributed by atoms with Crippen LogP contribution in [-0.4, -0.2) is 81.7 Å². The maximum absolute atomic E-state index is 13.3. The monoisotopic (exact) mass is 588 g/mol. The van der Waals surface area contributed by atoms with Gasteiger partial charge in [-0.15, -0.1) is 11.8 Å². The van der Waals surface area contributed by atoms with Crippen LogP contribution in [0.1, 0.15) is 53.0 Å². The summed E-state index contributed by atoms with van der Waals surface area (Å²) in [4.78, 5) is 58.1. The summed E-state index contributed by atoms with van der Waals surface area (Å²) in [5.74, 6) is -0.506. The van der Waals surface area contributed by atoms with Gasteiger partial charge in [0.05, 0.1) is 22.7 Å². The normalized spacial score (nSPS) is 23.2. The minimum atomic E-state index is -0.950. The van der Waals surface area contributed by atoms with Gasteiger partial charge >= 0.3 is 12.1 Å². The number of carbonyl (C=O) groups excluding carboxylic acids is 3. The number of fused-ring (bicyclic) bond motifs is 1. The number of carbonyl (C=O) groups is 3. The van der Waals surface area contributed by atoms with E-state index in [9.17, 15) is 24.5 Å². The van der Waals surface area contributed by atoms with E-state index in [1.807, 2.05) is 6.92 Å². The van der Waals surface area contributed by atoms with Gasteiger partial charge in [-0.2, -0.15) is 0 Å². The molecule has 4 rings (SSSR count). The molecule has 12 nitrogen and oxygen atoms in total. The predicted molar refractivity (Wildman–Crippen MR) is 152 cm³/mol. The number of amides is 1. The molecule has 2 saturated heterocycles. The Kier molecular flexibility index (Phi) is 8.95. The van der Waals surface area contributed by atoms with Gasteiger partial charge < -0.3 is 24.0 Å². The van der Waals surface area contributed by atoms with E-state index in [-0.39, 0.29) is 35.2 Å². The number of benzene rings is 1. The molecule has 1 aromatic carbocycles. The summed E-state index contributed by atoms with van der Waals surface area (Å²) < 4.78 is 16.3. The van der Waals surface area contributed by atoms with Crippen molar-refractivity contribution in [2.45, 2.75) is 77.1 Å². The topological polar surface area (TPSA) is 141 Å². The zero-order chi connectivity index (χ0) is 30.1. The first kappa shape index (κ1) is 30.4. The SMILES string of the molecule is CN=C(C)N1CCC(SC2=C(C(=O)OC(C)(C)C)N3C(=O)C(C(C)OC(=O)OCc4ccc([N+](=O)[O-])cc4)[C@H]3C2)C1. The first-order valence-corrected chi connectivity index (χ1v) is 14.4. The molecule has 0 aliphatic carbocycles. The third-order valence-electron chi connectivity index (χ3n) is 7.29. The second-order valence-electron chi connectivity index (χ2n) is 11.3. The van der Waals surface area contributed by atoms with E-state index >= 15 is 0 Å². The molecule has 0 radical (unpaired) electrons. The standard InChI is InChI=1S/C28H36N4O8S/c1-16(39-27(35)38-15-18-7-9-19(10-8-18)32(36)37)23-21-13-22(41-20-11-12-30(14-20)17(2)29-6)24(31(21)25(23)33)26(34)40-28(3,4)5/h7-10,16,20-21,23H,11-15H2,1-6H3/t16?,20?,21-,23?/m1/s1. The Morgan fingerprint density at radius 3 is 2.54 bits per heavy atom. The lowest BCUT2D eigenvalue weighted by atomic mass is 9.83. The van der Waals surface area contributed by atoms with E-state index in [1.165, 1.54) is 29.2 Å². The molecule has 2 fully saturated rings. The molecular weight excluding hydrogens is 552 g/mol. The van der Waals surface area contributed by atoms with Gasteiger partial charge in [-0.3, -0.25) is 19.9 Å².